The van der Waals surface area contributed by atoms with Crippen LogP contribution in [-0.2, 0) is 0 Å². The lowest BCUT2D eigenvalue weighted by Crippen LogP contribution is -2.10. The fourth-order valence-corrected chi connectivity index (χ4v) is 2.34. The van der Waals surface area contributed by atoms with Crippen molar-refractivity contribution in [3.63, 3.8) is 0 Å². The molecule has 1 amide bonds. The first kappa shape index (κ1) is 11.7. The van der Waals surface area contributed by atoms with E-state index in [0.29, 0.717) is 4.88 Å². The van der Waals surface area contributed by atoms with Gasteiger partial charge >= 0.3 is 0 Å². The highest BCUT2D eigenvalue weighted by atomic mass is 32.1. The maximum Gasteiger partial charge on any atom is 0.265 e. The van der Waals surface area contributed by atoms with Crippen LogP contribution in [0.2, 0.25) is 0 Å². The molecule has 2 aromatic heterocycles. The van der Waals surface area contributed by atoms with E-state index >= 15 is 0 Å². The Kier molecular flexibility index (Phi) is 3.12. The number of amides is 1. The maximum atomic E-state index is 11.9. The molecule has 0 radical (unpaired) electrons. The first-order chi connectivity index (χ1) is 9.33. The van der Waals surface area contributed by atoms with Crippen molar-refractivity contribution < 1.29 is 4.79 Å². The molecule has 0 aliphatic carbocycles. The Balaban J connectivity index is 1.75. The number of hydrogen-bond acceptors (Lipinski definition) is 3. The highest BCUT2D eigenvalue weighted by Gasteiger charge is 2.06. The molecule has 4 nitrogen and oxygen atoms in total. The van der Waals surface area contributed by atoms with E-state index in [1.165, 1.54) is 11.3 Å². The zero-order chi connectivity index (χ0) is 13.1. The standard InChI is InChI=1S/C14H11N3OS/c18-14(13-3-1-10-19-13)16-11-4-6-12(7-5-11)17-9-2-8-15-17/h1-10H,(H,16,18). The van der Waals surface area contributed by atoms with Crippen LogP contribution in [0.4, 0.5) is 5.69 Å². The Morgan fingerprint density at radius 2 is 2.00 bits per heavy atom. The van der Waals surface area contributed by atoms with Crippen LogP contribution >= 0.6 is 11.3 Å². The van der Waals surface area contributed by atoms with Crippen LogP contribution in [0, 0.1) is 0 Å². The Morgan fingerprint density at radius 3 is 2.63 bits per heavy atom. The molecule has 0 fully saturated rings. The average Bonchev–Trinajstić information content (AvgIpc) is 3.13. The smallest absolute Gasteiger partial charge is 0.265 e. The van der Waals surface area contributed by atoms with E-state index in [1.807, 2.05) is 48.0 Å². The second-order valence-corrected chi connectivity index (χ2v) is 4.88. The number of nitrogens with zero attached hydrogens (tertiary/aromatic N) is 2. The quantitative estimate of drug-likeness (QED) is 0.793. The fourth-order valence-electron chi connectivity index (χ4n) is 1.72. The zero-order valence-corrected chi connectivity index (χ0v) is 10.8. The number of aromatic nitrogens is 2. The average molecular weight is 269 g/mol. The van der Waals surface area contributed by atoms with Crippen LogP contribution < -0.4 is 5.32 Å². The third-order valence-corrected chi connectivity index (χ3v) is 3.51. The van der Waals surface area contributed by atoms with Crippen LogP contribution in [-0.4, -0.2) is 15.7 Å². The molecular formula is C14H11N3OS. The monoisotopic (exact) mass is 269 g/mol. The lowest BCUT2D eigenvalue weighted by molar-refractivity contribution is 0.103. The predicted octanol–water partition coefficient (Wildman–Crippen LogP) is 3.19. The van der Waals surface area contributed by atoms with Gasteiger partial charge in [-0.15, -0.1) is 11.3 Å². The maximum absolute atomic E-state index is 11.9. The van der Waals surface area contributed by atoms with Gasteiger partial charge in [0.25, 0.3) is 5.91 Å². The molecule has 3 rings (SSSR count). The van der Waals surface area contributed by atoms with E-state index in [-0.39, 0.29) is 5.91 Å². The number of carbonyl (C=O) groups excluding carboxylic acids is 1. The van der Waals surface area contributed by atoms with Crippen LogP contribution in [0.25, 0.3) is 5.69 Å². The normalized spacial score (nSPS) is 10.3. The van der Waals surface area contributed by atoms with Gasteiger partial charge in [0.15, 0.2) is 0 Å². The summed E-state index contributed by atoms with van der Waals surface area (Å²) in [6.07, 6.45) is 3.60. The minimum atomic E-state index is -0.0816. The summed E-state index contributed by atoms with van der Waals surface area (Å²) in [7, 11) is 0. The van der Waals surface area contributed by atoms with Crippen molar-refractivity contribution in [2.45, 2.75) is 0 Å². The molecule has 1 N–H and O–H groups in total. The molecule has 0 saturated carbocycles. The van der Waals surface area contributed by atoms with E-state index in [4.69, 9.17) is 0 Å². The van der Waals surface area contributed by atoms with Gasteiger partial charge in [-0.2, -0.15) is 5.10 Å². The zero-order valence-electron chi connectivity index (χ0n) is 9.98. The summed E-state index contributed by atoms with van der Waals surface area (Å²) in [6, 6.07) is 13.1. The summed E-state index contributed by atoms with van der Waals surface area (Å²) in [5.41, 5.74) is 1.73. The number of nitrogens with one attached hydrogen (secondary N) is 1. The Bertz CT molecular complexity index is 657. The largest absolute Gasteiger partial charge is 0.321 e. The summed E-state index contributed by atoms with van der Waals surface area (Å²) in [5, 5.41) is 8.89. The van der Waals surface area contributed by atoms with E-state index in [1.54, 1.807) is 16.9 Å². The number of hydrogen-bond donors (Lipinski definition) is 1. The predicted molar refractivity (Wildman–Crippen MR) is 75.8 cm³/mol. The number of rotatable bonds is 3. The Morgan fingerprint density at radius 1 is 1.16 bits per heavy atom. The van der Waals surface area contributed by atoms with Crippen LogP contribution in [0.15, 0.2) is 60.2 Å². The lowest BCUT2D eigenvalue weighted by atomic mass is 10.2. The summed E-state index contributed by atoms with van der Waals surface area (Å²) in [4.78, 5) is 12.6. The number of anilines is 1. The van der Waals surface area contributed by atoms with Gasteiger partial charge < -0.3 is 5.32 Å². The van der Waals surface area contributed by atoms with Crippen molar-refractivity contribution in [2.75, 3.05) is 5.32 Å². The molecule has 94 valence electrons. The van der Waals surface area contributed by atoms with Gasteiger partial charge in [-0.1, -0.05) is 6.07 Å². The molecule has 3 aromatic rings. The third-order valence-electron chi connectivity index (χ3n) is 2.64. The van der Waals surface area contributed by atoms with Crippen LogP contribution in [0.5, 0.6) is 0 Å². The summed E-state index contributed by atoms with van der Waals surface area (Å²) >= 11 is 1.43. The van der Waals surface area contributed by atoms with Gasteiger partial charge in [0.1, 0.15) is 0 Å². The number of thiophene rings is 1. The first-order valence-electron chi connectivity index (χ1n) is 5.78. The first-order valence-corrected chi connectivity index (χ1v) is 6.66. The Hall–Kier alpha value is -2.40. The summed E-state index contributed by atoms with van der Waals surface area (Å²) < 4.78 is 1.77. The second-order valence-electron chi connectivity index (χ2n) is 3.93. The van der Waals surface area contributed by atoms with E-state index < -0.39 is 0 Å². The van der Waals surface area contributed by atoms with Crippen LogP contribution in [0.3, 0.4) is 0 Å². The molecular weight excluding hydrogens is 258 g/mol. The topological polar surface area (TPSA) is 46.9 Å². The molecule has 0 unspecified atom stereocenters. The number of carbonyl (C=O) groups is 1. The van der Waals surface area contributed by atoms with Crippen molar-refractivity contribution in [1.29, 1.82) is 0 Å². The SMILES string of the molecule is O=C(Nc1ccc(-n2cccn2)cc1)c1cccs1. The van der Waals surface area contributed by atoms with Gasteiger partial charge in [-0.05, 0) is 41.8 Å². The van der Waals surface area contributed by atoms with Gasteiger partial charge in [-0.25, -0.2) is 4.68 Å². The Labute approximate surface area is 114 Å². The highest BCUT2D eigenvalue weighted by molar-refractivity contribution is 7.12. The van der Waals surface area contributed by atoms with Crippen molar-refractivity contribution >= 4 is 22.9 Å². The molecule has 0 aliphatic heterocycles. The molecule has 0 spiro atoms. The second kappa shape index (κ2) is 5.07. The number of benzene rings is 1. The molecule has 5 heteroatoms. The van der Waals surface area contributed by atoms with E-state index in [0.717, 1.165) is 11.4 Å². The molecule has 19 heavy (non-hydrogen) atoms. The van der Waals surface area contributed by atoms with Gasteiger partial charge in [0.2, 0.25) is 0 Å². The fraction of sp³-hybridized carbons (Fsp3) is 0. The van der Waals surface area contributed by atoms with E-state index in [9.17, 15) is 4.79 Å². The minimum Gasteiger partial charge on any atom is -0.321 e. The lowest BCUT2D eigenvalue weighted by Gasteiger charge is -2.05. The third kappa shape index (κ3) is 2.56. The molecule has 0 bridgehead atoms. The molecule has 0 aliphatic rings. The summed E-state index contributed by atoms with van der Waals surface area (Å²) in [5.74, 6) is -0.0816. The van der Waals surface area contributed by atoms with Crippen molar-refractivity contribution in [3.05, 3.63) is 65.1 Å². The molecule has 1 aromatic carbocycles. The van der Waals surface area contributed by atoms with Crippen molar-refractivity contribution in [2.24, 2.45) is 0 Å². The van der Waals surface area contributed by atoms with E-state index in [2.05, 4.69) is 10.4 Å². The van der Waals surface area contributed by atoms with Gasteiger partial charge in [0.05, 0.1) is 10.6 Å². The van der Waals surface area contributed by atoms with Crippen molar-refractivity contribution in [1.82, 2.24) is 9.78 Å². The minimum absolute atomic E-state index is 0.0816. The molecule has 0 atom stereocenters. The van der Waals surface area contributed by atoms with Crippen molar-refractivity contribution in [3.8, 4) is 5.69 Å². The van der Waals surface area contributed by atoms with Crippen LogP contribution in [0.1, 0.15) is 9.67 Å². The van der Waals surface area contributed by atoms with Gasteiger partial charge in [0, 0.05) is 18.1 Å². The van der Waals surface area contributed by atoms with Gasteiger partial charge in [-0.3, -0.25) is 4.79 Å². The molecule has 2 heterocycles. The summed E-state index contributed by atoms with van der Waals surface area (Å²) in [6.45, 7) is 0. The molecule has 0 saturated heterocycles. The highest BCUT2D eigenvalue weighted by Crippen LogP contribution is 2.15.